The van der Waals surface area contributed by atoms with Gasteiger partial charge in [0.1, 0.15) is 0 Å². The van der Waals surface area contributed by atoms with E-state index in [1.807, 2.05) is 36.4 Å². The fourth-order valence-electron chi connectivity index (χ4n) is 1.46. The van der Waals surface area contributed by atoms with Gasteiger partial charge in [-0.1, -0.05) is 22.0 Å². The van der Waals surface area contributed by atoms with E-state index >= 15 is 0 Å². The lowest BCUT2D eigenvalue weighted by Crippen LogP contribution is -2.24. The van der Waals surface area contributed by atoms with Crippen molar-refractivity contribution in [2.24, 2.45) is 0 Å². The predicted molar refractivity (Wildman–Crippen MR) is 80.9 cm³/mol. The molecule has 0 fully saturated rings. The Morgan fingerprint density at radius 1 is 1.26 bits per heavy atom. The Morgan fingerprint density at radius 2 is 2.05 bits per heavy atom. The van der Waals surface area contributed by atoms with Crippen LogP contribution in [-0.2, 0) is 11.3 Å². The van der Waals surface area contributed by atoms with Gasteiger partial charge in [0.25, 0.3) is 0 Å². The summed E-state index contributed by atoms with van der Waals surface area (Å²) in [5.41, 5.74) is 1.05. The molecule has 0 aliphatic rings. The zero-order chi connectivity index (χ0) is 13.5. The van der Waals surface area contributed by atoms with Crippen molar-refractivity contribution in [3.8, 4) is 0 Å². The second-order valence-corrected chi connectivity index (χ2v) is 5.84. The molecule has 0 aliphatic carbocycles. The molecule has 5 heteroatoms. The molecule has 0 saturated heterocycles. The second kappa shape index (κ2) is 7.31. The van der Waals surface area contributed by atoms with Crippen molar-refractivity contribution in [3.63, 3.8) is 0 Å². The van der Waals surface area contributed by atoms with Crippen molar-refractivity contribution in [2.75, 3.05) is 5.75 Å². The number of rotatable bonds is 5. The first kappa shape index (κ1) is 14.1. The van der Waals surface area contributed by atoms with Crippen molar-refractivity contribution >= 4 is 33.6 Å². The van der Waals surface area contributed by atoms with Gasteiger partial charge >= 0.3 is 0 Å². The number of hydrogen-bond donors (Lipinski definition) is 1. The molecule has 3 nitrogen and oxygen atoms in total. The molecule has 1 amide bonds. The van der Waals surface area contributed by atoms with E-state index in [-0.39, 0.29) is 5.91 Å². The Labute approximate surface area is 125 Å². The summed E-state index contributed by atoms with van der Waals surface area (Å²) in [6, 6.07) is 11.7. The van der Waals surface area contributed by atoms with Gasteiger partial charge in [-0.15, -0.1) is 11.8 Å². The molecular weight excluding hydrogens is 324 g/mol. The number of aromatic nitrogens is 1. The van der Waals surface area contributed by atoms with Crippen LogP contribution >= 0.6 is 27.7 Å². The van der Waals surface area contributed by atoms with Crippen molar-refractivity contribution < 1.29 is 4.79 Å². The molecule has 2 rings (SSSR count). The van der Waals surface area contributed by atoms with Gasteiger partial charge in [-0.05, 0) is 35.9 Å². The number of hydrogen-bond acceptors (Lipinski definition) is 3. The van der Waals surface area contributed by atoms with Gasteiger partial charge in [0.2, 0.25) is 5.91 Å². The lowest BCUT2D eigenvalue weighted by atomic mass is 10.3. The molecule has 0 radical (unpaired) electrons. The number of carbonyl (C=O) groups is 1. The molecule has 1 heterocycles. The highest BCUT2D eigenvalue weighted by atomic mass is 79.9. The topological polar surface area (TPSA) is 42.0 Å². The smallest absolute Gasteiger partial charge is 0.230 e. The van der Waals surface area contributed by atoms with Gasteiger partial charge in [-0.25, -0.2) is 0 Å². The van der Waals surface area contributed by atoms with E-state index in [9.17, 15) is 4.79 Å². The maximum atomic E-state index is 11.7. The molecule has 1 N–H and O–H groups in total. The standard InChI is InChI=1S/C14H13BrN2OS/c15-12-2-1-3-13(8-12)19-10-14(18)17-9-11-4-6-16-7-5-11/h1-8H,9-10H2,(H,17,18). The van der Waals surface area contributed by atoms with E-state index in [0.29, 0.717) is 12.3 Å². The Hall–Kier alpha value is -1.33. The third-order valence-electron chi connectivity index (χ3n) is 2.41. The molecular formula is C14H13BrN2OS. The van der Waals surface area contributed by atoms with Gasteiger partial charge in [0.05, 0.1) is 5.75 Å². The summed E-state index contributed by atoms with van der Waals surface area (Å²) in [7, 11) is 0. The minimum Gasteiger partial charge on any atom is -0.351 e. The summed E-state index contributed by atoms with van der Waals surface area (Å²) in [5, 5.41) is 2.88. The Bertz CT molecular complexity index is 548. The van der Waals surface area contributed by atoms with Crippen LogP contribution in [0.4, 0.5) is 0 Å². The SMILES string of the molecule is O=C(CSc1cccc(Br)c1)NCc1ccncc1. The first-order valence-electron chi connectivity index (χ1n) is 5.78. The van der Waals surface area contributed by atoms with Crippen LogP contribution in [0.15, 0.2) is 58.2 Å². The molecule has 1 aromatic heterocycles. The molecule has 0 unspecified atom stereocenters. The number of carbonyl (C=O) groups excluding carboxylic acids is 1. The van der Waals surface area contributed by atoms with Crippen LogP contribution in [0.5, 0.6) is 0 Å². The zero-order valence-corrected chi connectivity index (χ0v) is 12.6. The Balaban J connectivity index is 1.76. The van der Waals surface area contributed by atoms with Crippen LogP contribution in [0.2, 0.25) is 0 Å². The molecule has 98 valence electrons. The molecule has 0 atom stereocenters. The first-order valence-corrected chi connectivity index (χ1v) is 7.56. The molecule has 19 heavy (non-hydrogen) atoms. The molecule has 1 aromatic carbocycles. The number of amides is 1. The Kier molecular flexibility index (Phi) is 5.42. The maximum Gasteiger partial charge on any atom is 0.230 e. The highest BCUT2D eigenvalue weighted by Crippen LogP contribution is 2.21. The van der Waals surface area contributed by atoms with E-state index in [0.717, 1.165) is 14.9 Å². The van der Waals surface area contributed by atoms with Crippen LogP contribution in [0.1, 0.15) is 5.56 Å². The third kappa shape index (κ3) is 5.04. The number of halogens is 1. The van der Waals surface area contributed by atoms with E-state index < -0.39 is 0 Å². The minimum atomic E-state index is 0.0294. The van der Waals surface area contributed by atoms with Gasteiger partial charge in [-0.2, -0.15) is 0 Å². The number of thioether (sulfide) groups is 1. The van der Waals surface area contributed by atoms with Crippen LogP contribution in [0.25, 0.3) is 0 Å². The zero-order valence-electron chi connectivity index (χ0n) is 10.2. The van der Waals surface area contributed by atoms with Gasteiger partial charge in [-0.3, -0.25) is 9.78 Å². The number of benzene rings is 1. The van der Waals surface area contributed by atoms with E-state index in [1.165, 1.54) is 11.8 Å². The van der Waals surface area contributed by atoms with Crippen molar-refractivity contribution in [3.05, 3.63) is 58.8 Å². The van der Waals surface area contributed by atoms with E-state index in [1.54, 1.807) is 12.4 Å². The fourth-order valence-corrected chi connectivity index (χ4v) is 2.79. The van der Waals surface area contributed by atoms with Crippen LogP contribution < -0.4 is 5.32 Å². The molecule has 0 spiro atoms. The van der Waals surface area contributed by atoms with Crippen LogP contribution in [-0.4, -0.2) is 16.6 Å². The third-order valence-corrected chi connectivity index (χ3v) is 3.89. The molecule has 0 saturated carbocycles. The lowest BCUT2D eigenvalue weighted by molar-refractivity contribution is -0.118. The summed E-state index contributed by atoms with van der Waals surface area (Å²) in [6.07, 6.45) is 3.44. The monoisotopic (exact) mass is 336 g/mol. The summed E-state index contributed by atoms with van der Waals surface area (Å²) in [5.74, 6) is 0.448. The summed E-state index contributed by atoms with van der Waals surface area (Å²) in [6.45, 7) is 0.542. The van der Waals surface area contributed by atoms with Crippen LogP contribution in [0.3, 0.4) is 0 Å². The summed E-state index contributed by atoms with van der Waals surface area (Å²) < 4.78 is 1.02. The van der Waals surface area contributed by atoms with Crippen LogP contribution in [0, 0.1) is 0 Å². The van der Waals surface area contributed by atoms with Gasteiger partial charge in [0.15, 0.2) is 0 Å². The predicted octanol–water partition coefficient (Wildman–Crippen LogP) is 3.25. The summed E-state index contributed by atoms with van der Waals surface area (Å²) >= 11 is 4.93. The largest absolute Gasteiger partial charge is 0.351 e. The molecule has 2 aromatic rings. The normalized spacial score (nSPS) is 10.2. The van der Waals surface area contributed by atoms with Crippen molar-refractivity contribution in [1.82, 2.24) is 10.3 Å². The number of pyridine rings is 1. The maximum absolute atomic E-state index is 11.7. The van der Waals surface area contributed by atoms with E-state index in [2.05, 4.69) is 26.2 Å². The highest BCUT2D eigenvalue weighted by Gasteiger charge is 2.03. The number of nitrogens with one attached hydrogen (secondary N) is 1. The fraction of sp³-hybridized carbons (Fsp3) is 0.143. The quantitative estimate of drug-likeness (QED) is 0.852. The van der Waals surface area contributed by atoms with Crippen molar-refractivity contribution in [2.45, 2.75) is 11.4 Å². The Morgan fingerprint density at radius 3 is 2.79 bits per heavy atom. The molecule has 0 bridgehead atoms. The van der Waals surface area contributed by atoms with Crippen molar-refractivity contribution in [1.29, 1.82) is 0 Å². The minimum absolute atomic E-state index is 0.0294. The first-order chi connectivity index (χ1) is 9.24. The van der Waals surface area contributed by atoms with E-state index in [4.69, 9.17) is 0 Å². The average molecular weight is 337 g/mol. The van der Waals surface area contributed by atoms with Gasteiger partial charge in [0, 0.05) is 28.3 Å². The second-order valence-electron chi connectivity index (χ2n) is 3.88. The van der Waals surface area contributed by atoms with Gasteiger partial charge < -0.3 is 5.32 Å². The lowest BCUT2D eigenvalue weighted by Gasteiger charge is -2.05. The molecule has 0 aliphatic heterocycles. The number of nitrogens with zero attached hydrogens (tertiary/aromatic N) is 1. The summed E-state index contributed by atoms with van der Waals surface area (Å²) in [4.78, 5) is 16.7. The average Bonchev–Trinajstić information content (AvgIpc) is 2.44. The highest BCUT2D eigenvalue weighted by molar-refractivity contribution is 9.10.